The number of carbonyl (C=O) groups is 1. The molecule has 0 aliphatic carbocycles. The number of anilines is 1. The largest absolute Gasteiger partial charge is 0.370 e. The summed E-state index contributed by atoms with van der Waals surface area (Å²) in [5, 5.41) is 3.29. The molecule has 4 nitrogen and oxygen atoms in total. The molecule has 1 rings (SSSR count). The summed E-state index contributed by atoms with van der Waals surface area (Å²) in [4.78, 5) is 11.4. The van der Waals surface area contributed by atoms with Crippen molar-refractivity contribution < 1.29 is 9.53 Å². The summed E-state index contributed by atoms with van der Waals surface area (Å²) >= 11 is 9.07. The third kappa shape index (κ3) is 4.49. The topological polar surface area (TPSA) is 64.3 Å². The molecular formula is C10H12BrClN2O2. The number of benzene rings is 1. The van der Waals surface area contributed by atoms with Gasteiger partial charge in [0.25, 0.3) is 0 Å². The third-order valence-corrected chi connectivity index (χ3v) is 2.59. The number of amides is 1. The fourth-order valence-electron chi connectivity index (χ4n) is 1.03. The fourth-order valence-corrected chi connectivity index (χ4v) is 1.81. The first-order valence-electron chi connectivity index (χ1n) is 4.66. The smallest absolute Gasteiger partial charge is 0.250 e. The number of nitrogens with one attached hydrogen (secondary N) is 1. The first-order chi connectivity index (χ1) is 7.63. The van der Waals surface area contributed by atoms with Crippen molar-refractivity contribution in [2.75, 3.05) is 25.1 Å². The second kappa shape index (κ2) is 6.85. The van der Waals surface area contributed by atoms with Gasteiger partial charge in [-0.2, -0.15) is 0 Å². The monoisotopic (exact) mass is 306 g/mol. The van der Waals surface area contributed by atoms with Crippen LogP contribution in [0.4, 0.5) is 5.69 Å². The fraction of sp³-hybridized carbons (Fsp3) is 0.300. The van der Waals surface area contributed by atoms with Crippen molar-refractivity contribution in [1.82, 2.24) is 0 Å². The molecular weight excluding hydrogens is 295 g/mol. The Kier molecular flexibility index (Phi) is 5.76. The standard InChI is InChI=1S/C10H12BrClN2O2/c11-8-5-7(12)1-2-9(8)14-10(15)6-16-4-3-13/h1-2,5H,3-4,6,13H2,(H,14,15). The zero-order valence-electron chi connectivity index (χ0n) is 8.50. The highest BCUT2D eigenvalue weighted by atomic mass is 79.9. The molecule has 6 heteroatoms. The van der Waals surface area contributed by atoms with Gasteiger partial charge in [-0.05, 0) is 34.1 Å². The van der Waals surface area contributed by atoms with Gasteiger partial charge in [0.15, 0.2) is 0 Å². The highest BCUT2D eigenvalue weighted by Crippen LogP contribution is 2.25. The van der Waals surface area contributed by atoms with Gasteiger partial charge in [-0.15, -0.1) is 0 Å². The van der Waals surface area contributed by atoms with Crippen molar-refractivity contribution in [3.05, 3.63) is 27.7 Å². The van der Waals surface area contributed by atoms with E-state index < -0.39 is 0 Å². The molecule has 0 heterocycles. The van der Waals surface area contributed by atoms with E-state index in [1.165, 1.54) is 0 Å². The Hall–Kier alpha value is -0.620. The van der Waals surface area contributed by atoms with Gasteiger partial charge >= 0.3 is 0 Å². The van der Waals surface area contributed by atoms with Crippen molar-refractivity contribution >= 4 is 39.1 Å². The summed E-state index contributed by atoms with van der Waals surface area (Å²) in [7, 11) is 0. The molecule has 0 fully saturated rings. The summed E-state index contributed by atoms with van der Waals surface area (Å²) in [6.45, 7) is 0.763. The number of nitrogens with two attached hydrogens (primary N) is 1. The Bertz CT molecular complexity index is 374. The lowest BCUT2D eigenvalue weighted by molar-refractivity contribution is -0.120. The van der Waals surface area contributed by atoms with Crippen LogP contribution in [0.2, 0.25) is 5.02 Å². The van der Waals surface area contributed by atoms with Gasteiger partial charge in [-0.3, -0.25) is 4.79 Å². The third-order valence-electron chi connectivity index (χ3n) is 1.70. The maximum absolute atomic E-state index is 11.4. The van der Waals surface area contributed by atoms with Gasteiger partial charge < -0.3 is 15.8 Å². The molecule has 0 unspecified atom stereocenters. The number of hydrogen-bond acceptors (Lipinski definition) is 3. The molecule has 1 aromatic carbocycles. The van der Waals surface area contributed by atoms with Gasteiger partial charge in [0.1, 0.15) is 6.61 Å². The minimum Gasteiger partial charge on any atom is -0.370 e. The predicted octanol–water partition coefficient (Wildman–Crippen LogP) is 2.02. The Labute approximate surface area is 107 Å². The number of rotatable bonds is 5. The summed E-state index contributed by atoms with van der Waals surface area (Å²) in [6.07, 6.45) is 0. The Morgan fingerprint density at radius 1 is 1.56 bits per heavy atom. The summed E-state index contributed by atoms with van der Waals surface area (Å²) in [5.74, 6) is -0.225. The molecule has 3 N–H and O–H groups in total. The second-order valence-corrected chi connectivity index (χ2v) is 4.30. The van der Waals surface area contributed by atoms with Gasteiger partial charge in [-0.1, -0.05) is 11.6 Å². The molecule has 0 radical (unpaired) electrons. The van der Waals surface area contributed by atoms with Crippen LogP contribution in [0.25, 0.3) is 0 Å². The molecule has 0 aromatic heterocycles. The summed E-state index contributed by atoms with van der Waals surface area (Å²) in [6, 6.07) is 5.12. The van der Waals surface area contributed by atoms with Crippen LogP contribution in [0.3, 0.4) is 0 Å². The van der Waals surface area contributed by atoms with Crippen molar-refractivity contribution in [2.24, 2.45) is 5.73 Å². The van der Waals surface area contributed by atoms with E-state index in [4.69, 9.17) is 22.1 Å². The summed E-state index contributed by atoms with van der Waals surface area (Å²) < 4.78 is 5.73. The lowest BCUT2D eigenvalue weighted by Gasteiger charge is -2.07. The van der Waals surface area contributed by atoms with Crippen LogP contribution in [0.15, 0.2) is 22.7 Å². The highest BCUT2D eigenvalue weighted by molar-refractivity contribution is 9.10. The van der Waals surface area contributed by atoms with E-state index in [0.29, 0.717) is 23.9 Å². The van der Waals surface area contributed by atoms with Crippen LogP contribution >= 0.6 is 27.5 Å². The SMILES string of the molecule is NCCOCC(=O)Nc1ccc(Cl)cc1Br. The van der Waals surface area contributed by atoms with Crippen molar-refractivity contribution in [3.63, 3.8) is 0 Å². The quantitative estimate of drug-likeness (QED) is 0.818. The molecule has 0 saturated carbocycles. The molecule has 1 aromatic rings. The molecule has 0 atom stereocenters. The van der Waals surface area contributed by atoms with Crippen LogP contribution in [-0.4, -0.2) is 25.7 Å². The van der Waals surface area contributed by atoms with Gasteiger partial charge in [0, 0.05) is 16.0 Å². The van der Waals surface area contributed by atoms with E-state index in [1.807, 2.05) is 0 Å². The zero-order valence-corrected chi connectivity index (χ0v) is 10.8. The molecule has 0 spiro atoms. The molecule has 0 aliphatic heterocycles. The van der Waals surface area contributed by atoms with E-state index >= 15 is 0 Å². The molecule has 0 saturated heterocycles. The van der Waals surface area contributed by atoms with Crippen LogP contribution < -0.4 is 11.1 Å². The van der Waals surface area contributed by atoms with E-state index in [2.05, 4.69) is 21.2 Å². The minimum absolute atomic E-state index is 0.00767. The summed E-state index contributed by atoms with van der Waals surface area (Å²) in [5.41, 5.74) is 5.89. The lowest BCUT2D eigenvalue weighted by Crippen LogP contribution is -2.20. The first kappa shape index (κ1) is 13.4. The highest BCUT2D eigenvalue weighted by Gasteiger charge is 2.05. The Morgan fingerprint density at radius 2 is 2.31 bits per heavy atom. The van der Waals surface area contributed by atoms with Crippen molar-refractivity contribution in [1.29, 1.82) is 0 Å². The molecule has 88 valence electrons. The van der Waals surface area contributed by atoms with Gasteiger partial charge in [0.05, 0.1) is 12.3 Å². The van der Waals surface area contributed by atoms with Gasteiger partial charge in [0.2, 0.25) is 5.91 Å². The Balaban J connectivity index is 2.49. The zero-order chi connectivity index (χ0) is 12.0. The average Bonchev–Trinajstić information content (AvgIpc) is 2.23. The molecule has 1 amide bonds. The Morgan fingerprint density at radius 3 is 2.94 bits per heavy atom. The van der Waals surface area contributed by atoms with E-state index in [-0.39, 0.29) is 12.5 Å². The number of halogens is 2. The lowest BCUT2D eigenvalue weighted by atomic mass is 10.3. The first-order valence-corrected chi connectivity index (χ1v) is 5.83. The van der Waals surface area contributed by atoms with Gasteiger partial charge in [-0.25, -0.2) is 0 Å². The second-order valence-electron chi connectivity index (χ2n) is 3.01. The molecule has 0 aliphatic rings. The maximum atomic E-state index is 11.4. The van der Waals surface area contributed by atoms with E-state index in [1.54, 1.807) is 18.2 Å². The van der Waals surface area contributed by atoms with Crippen LogP contribution in [0, 0.1) is 0 Å². The van der Waals surface area contributed by atoms with Crippen molar-refractivity contribution in [2.45, 2.75) is 0 Å². The van der Waals surface area contributed by atoms with E-state index in [0.717, 1.165) is 4.47 Å². The number of ether oxygens (including phenoxy) is 1. The van der Waals surface area contributed by atoms with Crippen LogP contribution in [-0.2, 0) is 9.53 Å². The average molecular weight is 308 g/mol. The predicted molar refractivity (Wildman–Crippen MR) is 67.7 cm³/mol. The van der Waals surface area contributed by atoms with Crippen LogP contribution in [0.5, 0.6) is 0 Å². The van der Waals surface area contributed by atoms with E-state index in [9.17, 15) is 4.79 Å². The maximum Gasteiger partial charge on any atom is 0.250 e. The number of hydrogen-bond donors (Lipinski definition) is 2. The molecule has 0 bridgehead atoms. The normalized spacial score (nSPS) is 10.2. The van der Waals surface area contributed by atoms with Crippen LogP contribution in [0.1, 0.15) is 0 Å². The minimum atomic E-state index is -0.225. The molecule has 16 heavy (non-hydrogen) atoms. The van der Waals surface area contributed by atoms with Crippen molar-refractivity contribution in [3.8, 4) is 0 Å². The number of carbonyl (C=O) groups excluding carboxylic acids is 1.